The minimum absolute atomic E-state index is 0.0193. The molecule has 0 radical (unpaired) electrons. The first kappa shape index (κ1) is 28.8. The molecule has 3 aromatic carbocycles. The third-order valence-corrected chi connectivity index (χ3v) is 8.59. The lowest BCUT2D eigenvalue weighted by atomic mass is 9.82. The van der Waals surface area contributed by atoms with E-state index in [1.807, 2.05) is 66.7 Å². The SMILES string of the molecule is CC1(C)CC(C)(C)c2cc(-c3ncc(-c4nc(-c5ccccc5)nc(-c5ccccc5)n4)c4nc(C(F)(F)F)ccc34)ccc21. The predicted octanol–water partition coefficient (Wildman–Crippen LogP) is 9.46. The van der Waals surface area contributed by atoms with Gasteiger partial charge in [-0.15, -0.1) is 0 Å². The van der Waals surface area contributed by atoms with E-state index in [9.17, 15) is 13.2 Å². The van der Waals surface area contributed by atoms with Crippen molar-refractivity contribution in [2.75, 3.05) is 0 Å². The zero-order valence-electron chi connectivity index (χ0n) is 25.3. The zero-order chi connectivity index (χ0) is 31.6. The van der Waals surface area contributed by atoms with Gasteiger partial charge in [-0.1, -0.05) is 100 Å². The van der Waals surface area contributed by atoms with E-state index >= 15 is 0 Å². The number of alkyl halides is 3. The van der Waals surface area contributed by atoms with Gasteiger partial charge in [-0.05, 0) is 46.6 Å². The molecule has 0 aliphatic heterocycles. The number of fused-ring (bicyclic) bond motifs is 2. The van der Waals surface area contributed by atoms with Crippen LogP contribution in [0.5, 0.6) is 0 Å². The van der Waals surface area contributed by atoms with Gasteiger partial charge in [0.2, 0.25) is 0 Å². The van der Waals surface area contributed by atoms with Crippen LogP contribution in [0.1, 0.15) is 50.9 Å². The summed E-state index contributed by atoms with van der Waals surface area (Å²) in [4.78, 5) is 23.2. The molecule has 1 aliphatic rings. The number of pyridine rings is 2. The molecule has 0 atom stereocenters. The van der Waals surface area contributed by atoms with Gasteiger partial charge in [-0.25, -0.2) is 19.9 Å². The Balaban J connectivity index is 1.48. The fourth-order valence-electron chi connectivity index (χ4n) is 6.73. The highest BCUT2D eigenvalue weighted by molar-refractivity contribution is 6.00. The molecule has 3 heterocycles. The molecule has 0 N–H and O–H groups in total. The number of hydrogen-bond donors (Lipinski definition) is 0. The molecule has 5 nitrogen and oxygen atoms in total. The number of benzene rings is 3. The van der Waals surface area contributed by atoms with Crippen molar-refractivity contribution in [1.82, 2.24) is 24.9 Å². The first-order chi connectivity index (χ1) is 21.4. The van der Waals surface area contributed by atoms with Crippen LogP contribution in [0.3, 0.4) is 0 Å². The Kier molecular flexibility index (Phi) is 6.58. The van der Waals surface area contributed by atoms with Crippen molar-refractivity contribution >= 4 is 10.9 Å². The Labute approximate surface area is 259 Å². The van der Waals surface area contributed by atoms with Crippen LogP contribution in [0.4, 0.5) is 13.2 Å². The molecule has 0 saturated heterocycles. The van der Waals surface area contributed by atoms with Crippen LogP contribution in [0.25, 0.3) is 56.3 Å². The van der Waals surface area contributed by atoms with E-state index in [1.54, 1.807) is 0 Å². The van der Waals surface area contributed by atoms with Gasteiger partial charge in [0.15, 0.2) is 17.5 Å². The van der Waals surface area contributed by atoms with Crippen molar-refractivity contribution in [2.24, 2.45) is 0 Å². The van der Waals surface area contributed by atoms with Gasteiger partial charge in [-0.2, -0.15) is 13.2 Å². The van der Waals surface area contributed by atoms with Crippen molar-refractivity contribution in [3.05, 3.63) is 114 Å². The van der Waals surface area contributed by atoms with Crippen molar-refractivity contribution in [2.45, 2.75) is 51.1 Å². The topological polar surface area (TPSA) is 64.5 Å². The first-order valence-corrected chi connectivity index (χ1v) is 14.8. The highest BCUT2D eigenvalue weighted by Gasteiger charge is 2.42. The summed E-state index contributed by atoms with van der Waals surface area (Å²) in [6, 6.07) is 27.5. The highest BCUT2D eigenvalue weighted by Crippen LogP contribution is 2.50. The third kappa shape index (κ3) is 5.14. The van der Waals surface area contributed by atoms with Crippen LogP contribution in [-0.4, -0.2) is 24.9 Å². The average molecular weight is 602 g/mol. The van der Waals surface area contributed by atoms with Crippen molar-refractivity contribution in [3.63, 3.8) is 0 Å². The molecular weight excluding hydrogens is 571 g/mol. The van der Waals surface area contributed by atoms with Gasteiger partial charge in [0, 0.05) is 28.3 Å². The molecular formula is C37H30F3N5. The normalized spacial score (nSPS) is 15.3. The fourth-order valence-corrected chi connectivity index (χ4v) is 6.73. The Hall–Kier alpha value is -4.98. The third-order valence-electron chi connectivity index (χ3n) is 8.59. The summed E-state index contributed by atoms with van der Waals surface area (Å²) in [5, 5.41) is 0.485. The number of rotatable bonds is 4. The van der Waals surface area contributed by atoms with E-state index in [-0.39, 0.29) is 22.2 Å². The molecule has 0 spiro atoms. The molecule has 45 heavy (non-hydrogen) atoms. The van der Waals surface area contributed by atoms with E-state index < -0.39 is 11.9 Å². The molecule has 0 bridgehead atoms. The van der Waals surface area contributed by atoms with Crippen molar-refractivity contribution in [1.29, 1.82) is 0 Å². The fraction of sp³-hybridized carbons (Fsp3) is 0.216. The van der Waals surface area contributed by atoms with Crippen LogP contribution in [0.15, 0.2) is 97.2 Å². The van der Waals surface area contributed by atoms with E-state index in [4.69, 9.17) is 19.9 Å². The van der Waals surface area contributed by atoms with Crippen molar-refractivity contribution < 1.29 is 13.2 Å². The van der Waals surface area contributed by atoms with Gasteiger partial charge < -0.3 is 0 Å². The van der Waals surface area contributed by atoms with Crippen molar-refractivity contribution in [3.8, 4) is 45.4 Å². The molecule has 7 rings (SSSR count). The summed E-state index contributed by atoms with van der Waals surface area (Å²) < 4.78 is 42.1. The summed E-state index contributed by atoms with van der Waals surface area (Å²) >= 11 is 0. The maximum Gasteiger partial charge on any atom is 0.433 e. The van der Waals surface area contributed by atoms with Crippen LogP contribution in [0, 0.1) is 0 Å². The van der Waals surface area contributed by atoms with E-state index in [0.717, 1.165) is 29.2 Å². The summed E-state index contributed by atoms with van der Waals surface area (Å²) in [6.45, 7) is 8.94. The minimum Gasteiger partial charge on any atom is -0.255 e. The molecule has 224 valence electrons. The molecule has 0 saturated carbocycles. The first-order valence-electron chi connectivity index (χ1n) is 14.8. The van der Waals surface area contributed by atoms with Crippen LogP contribution in [0.2, 0.25) is 0 Å². The van der Waals surface area contributed by atoms with Gasteiger partial charge in [0.1, 0.15) is 5.69 Å². The maximum absolute atomic E-state index is 14.0. The second-order valence-corrected chi connectivity index (χ2v) is 12.9. The lowest BCUT2D eigenvalue weighted by Crippen LogP contribution is -2.17. The average Bonchev–Trinajstić information content (AvgIpc) is 3.22. The quantitative estimate of drug-likeness (QED) is 0.201. The summed E-state index contributed by atoms with van der Waals surface area (Å²) in [5.41, 5.74) is 4.76. The smallest absolute Gasteiger partial charge is 0.255 e. The molecule has 6 aromatic rings. The highest BCUT2D eigenvalue weighted by atomic mass is 19.4. The largest absolute Gasteiger partial charge is 0.433 e. The summed E-state index contributed by atoms with van der Waals surface area (Å²) in [7, 11) is 0. The molecule has 8 heteroatoms. The Morgan fingerprint density at radius 1 is 0.600 bits per heavy atom. The Morgan fingerprint density at radius 3 is 1.78 bits per heavy atom. The number of nitrogens with zero attached hydrogens (tertiary/aromatic N) is 5. The van der Waals surface area contributed by atoms with E-state index in [1.165, 1.54) is 23.4 Å². The van der Waals surface area contributed by atoms with Gasteiger partial charge >= 0.3 is 6.18 Å². The Morgan fingerprint density at radius 2 is 1.18 bits per heavy atom. The number of hydrogen-bond acceptors (Lipinski definition) is 5. The standard InChI is InChI=1S/C37H30F3N5/c1-35(2)21-36(3,4)28-19-24(15-17-27(28)35)30-25-16-18-29(37(38,39)40)42-31(25)26(20-41-30)34-44-32(22-11-7-5-8-12-22)43-33(45-34)23-13-9-6-10-14-23/h5-20H,21H2,1-4H3. The number of aromatic nitrogens is 5. The minimum atomic E-state index is -4.64. The zero-order valence-corrected chi connectivity index (χ0v) is 25.3. The van der Waals surface area contributed by atoms with Crippen LogP contribution < -0.4 is 0 Å². The monoisotopic (exact) mass is 601 g/mol. The lowest BCUT2D eigenvalue weighted by Gasteiger charge is -2.22. The molecule has 1 aliphatic carbocycles. The van der Waals surface area contributed by atoms with Gasteiger partial charge in [-0.3, -0.25) is 4.98 Å². The van der Waals surface area contributed by atoms with Gasteiger partial charge in [0.05, 0.1) is 16.8 Å². The molecule has 3 aromatic heterocycles. The summed E-state index contributed by atoms with van der Waals surface area (Å²) in [6.07, 6.45) is -2.11. The van der Waals surface area contributed by atoms with Gasteiger partial charge in [0.25, 0.3) is 0 Å². The maximum atomic E-state index is 14.0. The van der Waals surface area contributed by atoms with E-state index in [0.29, 0.717) is 28.3 Å². The Bertz CT molecular complexity index is 2010. The van der Waals surface area contributed by atoms with Crippen LogP contribution >= 0.6 is 0 Å². The van der Waals surface area contributed by atoms with Crippen LogP contribution in [-0.2, 0) is 17.0 Å². The molecule has 0 amide bonds. The van der Waals surface area contributed by atoms with E-state index in [2.05, 4.69) is 44.8 Å². The summed E-state index contributed by atoms with van der Waals surface area (Å²) in [5.74, 6) is 0.981. The number of halogens is 3. The predicted molar refractivity (Wildman–Crippen MR) is 170 cm³/mol. The molecule has 0 unspecified atom stereocenters. The second kappa shape index (κ2) is 10.3. The molecule has 0 fully saturated rings. The lowest BCUT2D eigenvalue weighted by molar-refractivity contribution is -0.140. The second-order valence-electron chi connectivity index (χ2n) is 12.9.